The molecule has 0 unspecified atom stereocenters. The number of alkyl carbamates (subject to hydrolysis) is 1. The molecule has 1 aromatic heterocycles. The molecule has 3 N–H and O–H groups in total. The van der Waals surface area contributed by atoms with E-state index in [1.54, 1.807) is 39.2 Å². The van der Waals surface area contributed by atoms with Gasteiger partial charge >= 0.3 is 6.09 Å². The van der Waals surface area contributed by atoms with Gasteiger partial charge in [-0.1, -0.05) is 25.0 Å². The number of aromatic nitrogens is 2. The molecule has 4 amide bonds. The van der Waals surface area contributed by atoms with Gasteiger partial charge in [-0.25, -0.2) is 23.2 Å². The van der Waals surface area contributed by atoms with Gasteiger partial charge < -0.3 is 29.7 Å². The summed E-state index contributed by atoms with van der Waals surface area (Å²) in [5.41, 5.74) is 0.171. The van der Waals surface area contributed by atoms with Crippen LogP contribution in [0, 0.1) is 18.8 Å². The fourth-order valence-electron chi connectivity index (χ4n) is 7.46. The Hall–Kier alpha value is -4.47. The normalized spacial score (nSPS) is 29.3. The fraction of sp³-hybridized carbons (Fsp3) is 0.632. The van der Waals surface area contributed by atoms with E-state index >= 15 is 0 Å². The number of aryl methyl sites for hydroxylation is 1. The summed E-state index contributed by atoms with van der Waals surface area (Å²) in [6.45, 7) is 5.17. The lowest BCUT2D eigenvalue weighted by Crippen LogP contribution is -2.58. The van der Waals surface area contributed by atoms with Crippen LogP contribution < -0.4 is 24.8 Å². The van der Waals surface area contributed by atoms with Crippen LogP contribution in [0.1, 0.15) is 90.2 Å². The zero-order chi connectivity index (χ0) is 38.4. The summed E-state index contributed by atoms with van der Waals surface area (Å²) in [5.74, 6) is -1.21. The fourth-order valence-corrected chi connectivity index (χ4v) is 8.77. The van der Waals surface area contributed by atoms with Crippen LogP contribution in [0.2, 0.25) is 0 Å². The number of fused-ring (bicyclic) bond motifs is 3. The second kappa shape index (κ2) is 14.6. The van der Waals surface area contributed by atoms with Gasteiger partial charge in [-0.15, -0.1) is 0 Å². The first-order chi connectivity index (χ1) is 25.7. The summed E-state index contributed by atoms with van der Waals surface area (Å²) in [6, 6.07) is 3.21. The number of hydrogen-bond acceptors (Lipinski definition) is 11. The molecule has 6 atom stereocenters. The Morgan fingerprint density at radius 1 is 1.07 bits per heavy atom. The molecule has 0 radical (unpaired) electrons. The van der Waals surface area contributed by atoms with Crippen molar-refractivity contribution in [1.82, 2.24) is 30.2 Å². The van der Waals surface area contributed by atoms with Gasteiger partial charge in [0, 0.05) is 18.4 Å². The minimum absolute atomic E-state index is 0.0187. The zero-order valence-electron chi connectivity index (χ0n) is 31.3. The van der Waals surface area contributed by atoms with Crippen molar-refractivity contribution < 1.29 is 41.8 Å². The third kappa shape index (κ3) is 7.85. The summed E-state index contributed by atoms with van der Waals surface area (Å²) < 4.78 is 44.9. The monoisotopic (exact) mass is 766 g/mol. The first-order valence-electron chi connectivity index (χ1n) is 19.0. The molecule has 2 aliphatic heterocycles. The highest BCUT2D eigenvalue weighted by molar-refractivity contribution is 7.91. The number of hydrogen-bond donors (Lipinski definition) is 3. The number of carbonyl (C=O) groups is 4. The van der Waals surface area contributed by atoms with Gasteiger partial charge in [0.05, 0.1) is 29.4 Å². The Labute approximate surface area is 315 Å². The van der Waals surface area contributed by atoms with E-state index in [1.165, 1.54) is 4.90 Å². The van der Waals surface area contributed by atoms with Gasteiger partial charge in [0.2, 0.25) is 27.7 Å². The molecule has 4 fully saturated rings. The number of carbonyl (C=O) groups excluding carboxylic acids is 4. The molecule has 3 aliphatic carbocycles. The molecule has 1 saturated heterocycles. The average Bonchev–Trinajstić information content (AvgIpc) is 4.06. The second-order valence-electron chi connectivity index (χ2n) is 15.8. The van der Waals surface area contributed by atoms with Gasteiger partial charge in [-0.2, -0.15) is 0 Å². The highest BCUT2D eigenvalue weighted by Crippen LogP contribution is 2.47. The first-order valence-corrected chi connectivity index (χ1v) is 20.5. The van der Waals surface area contributed by atoms with E-state index in [4.69, 9.17) is 14.2 Å². The van der Waals surface area contributed by atoms with E-state index < -0.39 is 68.2 Å². The molecular formula is C38H50N6O9S. The van der Waals surface area contributed by atoms with E-state index in [-0.39, 0.29) is 31.4 Å². The third-order valence-electron chi connectivity index (χ3n) is 11.6. The molecular weight excluding hydrogens is 717 g/mol. The molecule has 292 valence electrons. The van der Waals surface area contributed by atoms with Crippen LogP contribution >= 0.6 is 0 Å². The zero-order valence-corrected chi connectivity index (χ0v) is 32.1. The van der Waals surface area contributed by atoms with Crippen LogP contribution in [0.4, 0.5) is 4.79 Å². The van der Waals surface area contributed by atoms with E-state index in [9.17, 15) is 27.6 Å². The lowest BCUT2D eigenvalue weighted by molar-refractivity contribution is -0.141. The molecule has 2 aromatic rings. The van der Waals surface area contributed by atoms with E-state index in [2.05, 4.69) is 25.3 Å². The van der Waals surface area contributed by atoms with Crippen LogP contribution in [0.25, 0.3) is 11.0 Å². The average molecular weight is 767 g/mol. The highest BCUT2D eigenvalue weighted by atomic mass is 32.2. The lowest BCUT2D eigenvalue weighted by atomic mass is 10.0. The topological polar surface area (TPSA) is 195 Å². The summed E-state index contributed by atoms with van der Waals surface area (Å²) in [7, 11) is -2.43. The quantitative estimate of drug-likeness (QED) is 0.316. The molecule has 1 aromatic carbocycles. The van der Waals surface area contributed by atoms with E-state index in [0.717, 1.165) is 25.7 Å². The number of benzene rings is 1. The molecule has 7 rings (SSSR count). The Morgan fingerprint density at radius 2 is 1.85 bits per heavy atom. The smallest absolute Gasteiger partial charge is 0.408 e. The Kier molecular flexibility index (Phi) is 10.3. The van der Waals surface area contributed by atoms with E-state index in [1.807, 2.05) is 19.1 Å². The second-order valence-corrected chi connectivity index (χ2v) is 18.0. The predicted octanol–water partition coefficient (Wildman–Crippen LogP) is 3.58. The number of methoxy groups -OCH3 is 1. The Bertz CT molecular complexity index is 1960. The largest absolute Gasteiger partial charge is 0.497 e. The predicted molar refractivity (Wildman–Crippen MR) is 197 cm³/mol. The SMILES string of the molecule is COc1ccc2nc(C)c(O[C@@H]3C[C@H]4C(=O)N[C@]5(C(=O)NS(=O)(=O)C6(C)CC6)C[C@H]5/C=C\CCCCC[C@H](NC(=O)O[C@@H](C)C5CC5)C(=O)N4C3)nc2c1. The van der Waals surface area contributed by atoms with Gasteiger partial charge in [0.15, 0.2) is 0 Å². The number of allylic oxidation sites excluding steroid dienone is 1. The van der Waals surface area contributed by atoms with Crippen LogP contribution in [-0.4, -0.2) is 95.3 Å². The molecule has 3 heterocycles. The molecule has 5 aliphatic rings. The highest BCUT2D eigenvalue weighted by Gasteiger charge is 2.63. The number of sulfonamides is 1. The van der Waals surface area contributed by atoms with Crippen molar-refractivity contribution in [2.75, 3.05) is 13.7 Å². The maximum Gasteiger partial charge on any atom is 0.408 e. The van der Waals surface area contributed by atoms with Crippen molar-refractivity contribution in [1.29, 1.82) is 0 Å². The van der Waals surface area contributed by atoms with Crippen molar-refractivity contribution in [2.24, 2.45) is 11.8 Å². The van der Waals surface area contributed by atoms with Crippen molar-refractivity contribution in [2.45, 2.75) is 126 Å². The van der Waals surface area contributed by atoms with Crippen molar-refractivity contribution in [3.8, 4) is 11.6 Å². The van der Waals surface area contributed by atoms with Crippen LogP contribution in [0.15, 0.2) is 30.4 Å². The molecule has 0 spiro atoms. The summed E-state index contributed by atoms with van der Waals surface area (Å²) in [5, 5.41) is 5.68. The van der Waals surface area contributed by atoms with Crippen LogP contribution in [0.5, 0.6) is 11.6 Å². The molecule has 16 heteroatoms. The summed E-state index contributed by atoms with van der Waals surface area (Å²) in [6.07, 6.45) is 8.45. The van der Waals surface area contributed by atoms with Gasteiger partial charge in [-0.3, -0.25) is 19.1 Å². The van der Waals surface area contributed by atoms with E-state index in [0.29, 0.717) is 60.5 Å². The molecule has 3 saturated carbocycles. The minimum Gasteiger partial charge on any atom is -0.497 e. The van der Waals surface area contributed by atoms with Crippen LogP contribution in [0.3, 0.4) is 0 Å². The molecule has 0 bridgehead atoms. The Balaban J connectivity index is 1.17. The maximum atomic E-state index is 14.5. The maximum absolute atomic E-state index is 14.5. The van der Waals surface area contributed by atoms with Gasteiger partial charge in [0.25, 0.3) is 5.91 Å². The summed E-state index contributed by atoms with van der Waals surface area (Å²) in [4.78, 5) is 66.5. The van der Waals surface area contributed by atoms with Gasteiger partial charge in [0.1, 0.15) is 41.3 Å². The number of rotatable bonds is 9. The number of nitrogens with one attached hydrogen (secondary N) is 3. The number of ether oxygens (including phenoxy) is 3. The summed E-state index contributed by atoms with van der Waals surface area (Å²) >= 11 is 0. The number of amides is 4. The third-order valence-corrected chi connectivity index (χ3v) is 13.8. The lowest BCUT2D eigenvalue weighted by Gasteiger charge is -2.30. The Morgan fingerprint density at radius 3 is 2.57 bits per heavy atom. The van der Waals surface area contributed by atoms with Crippen molar-refractivity contribution >= 4 is 44.9 Å². The van der Waals surface area contributed by atoms with Crippen molar-refractivity contribution in [3.05, 3.63) is 36.0 Å². The number of nitrogens with zero attached hydrogens (tertiary/aromatic N) is 3. The standard InChI is InChI=1S/C38H50N6O9S/c1-22-33(40-30-18-26(51-4)14-15-28(30)39-22)53-27-19-31-32(45)42-38(35(47)43-54(49,50)37(3)16-17-37)20-25(38)10-8-6-5-7-9-11-29(34(46)44(31)21-27)41-36(48)52-23(2)24-12-13-24/h8,10,14-15,18,23-25,27,29,31H,5-7,9,11-13,16-17,19-21H2,1-4H3,(H,41,48)(H,42,45)(H,43,47)/b10-8-/t23-,25+,27+,29-,31-,38+/m0/s1. The van der Waals surface area contributed by atoms with Crippen LogP contribution in [-0.2, 0) is 29.1 Å². The van der Waals surface area contributed by atoms with Crippen molar-refractivity contribution in [3.63, 3.8) is 0 Å². The molecule has 54 heavy (non-hydrogen) atoms. The van der Waals surface area contributed by atoms with Gasteiger partial charge in [-0.05, 0) is 90.2 Å². The first kappa shape index (κ1) is 37.8. The minimum atomic E-state index is -3.99. The molecule has 15 nitrogen and oxygen atoms in total.